The second-order valence-corrected chi connectivity index (χ2v) is 8.37. The fourth-order valence-electron chi connectivity index (χ4n) is 3.29. The van der Waals surface area contributed by atoms with Crippen molar-refractivity contribution in [2.45, 2.75) is 13.3 Å². The molecule has 0 saturated carbocycles. The molecular formula is C24H22N4O4S. The van der Waals surface area contributed by atoms with Crippen LogP contribution in [0, 0.1) is 6.92 Å². The van der Waals surface area contributed by atoms with E-state index < -0.39 is 5.97 Å². The third kappa shape index (κ3) is 5.09. The van der Waals surface area contributed by atoms with Crippen LogP contribution in [0.25, 0.3) is 15.9 Å². The standard InChI is InChI=1S/C24H22N4O4S/c1-15-19-13-20(33-24(19)28(27-15)18-6-4-3-5-7-18)23(31)26-17-10-8-16(9-11-17)12-21(29)25-14-22(30)32-2/h3-11,13H,12,14H2,1-2H3,(H,25,29)(H,26,31). The molecule has 4 aromatic rings. The summed E-state index contributed by atoms with van der Waals surface area (Å²) < 4.78 is 6.35. The Morgan fingerprint density at radius 1 is 1.06 bits per heavy atom. The average molecular weight is 463 g/mol. The van der Waals surface area contributed by atoms with Crippen molar-refractivity contribution < 1.29 is 19.1 Å². The van der Waals surface area contributed by atoms with Crippen LogP contribution in [0.1, 0.15) is 20.9 Å². The topological polar surface area (TPSA) is 102 Å². The molecule has 0 aliphatic heterocycles. The number of para-hydroxylation sites is 1. The second-order valence-electron chi connectivity index (χ2n) is 7.34. The molecule has 2 N–H and O–H groups in total. The number of rotatable bonds is 7. The van der Waals surface area contributed by atoms with Crippen molar-refractivity contribution >= 4 is 45.0 Å². The van der Waals surface area contributed by atoms with E-state index in [4.69, 9.17) is 0 Å². The number of carbonyl (C=O) groups excluding carboxylic acids is 3. The van der Waals surface area contributed by atoms with Crippen LogP contribution in [0.5, 0.6) is 0 Å². The quantitative estimate of drug-likeness (QED) is 0.410. The summed E-state index contributed by atoms with van der Waals surface area (Å²) in [5, 5.41) is 10.9. The number of anilines is 1. The van der Waals surface area contributed by atoms with Crippen LogP contribution in [-0.4, -0.2) is 41.2 Å². The van der Waals surface area contributed by atoms with Gasteiger partial charge in [0.05, 0.1) is 29.8 Å². The summed E-state index contributed by atoms with van der Waals surface area (Å²) in [5.41, 5.74) is 3.18. The molecule has 2 amide bonds. The Morgan fingerprint density at radius 3 is 2.48 bits per heavy atom. The summed E-state index contributed by atoms with van der Waals surface area (Å²) in [5.74, 6) is -1.00. The molecule has 2 aromatic heterocycles. The molecule has 0 spiro atoms. The number of esters is 1. The third-order valence-corrected chi connectivity index (χ3v) is 6.11. The lowest BCUT2D eigenvalue weighted by Crippen LogP contribution is -2.31. The van der Waals surface area contributed by atoms with Crippen molar-refractivity contribution in [3.05, 3.63) is 76.8 Å². The molecule has 168 valence electrons. The molecule has 0 radical (unpaired) electrons. The van der Waals surface area contributed by atoms with Crippen LogP contribution in [0.15, 0.2) is 60.7 Å². The molecule has 0 fully saturated rings. The lowest BCUT2D eigenvalue weighted by atomic mass is 10.1. The number of benzene rings is 2. The van der Waals surface area contributed by atoms with Crippen molar-refractivity contribution in [1.82, 2.24) is 15.1 Å². The maximum atomic E-state index is 12.8. The molecular weight excluding hydrogens is 440 g/mol. The van der Waals surface area contributed by atoms with Gasteiger partial charge in [0, 0.05) is 11.1 Å². The Hall–Kier alpha value is -3.98. The van der Waals surface area contributed by atoms with Gasteiger partial charge in [-0.2, -0.15) is 5.10 Å². The zero-order valence-electron chi connectivity index (χ0n) is 18.1. The number of aromatic nitrogens is 2. The number of hydrogen-bond donors (Lipinski definition) is 2. The third-order valence-electron chi connectivity index (χ3n) is 5.00. The summed E-state index contributed by atoms with van der Waals surface area (Å²) in [7, 11) is 1.26. The fourth-order valence-corrected chi connectivity index (χ4v) is 4.37. The van der Waals surface area contributed by atoms with Crippen molar-refractivity contribution in [1.29, 1.82) is 0 Å². The van der Waals surface area contributed by atoms with Gasteiger partial charge in [-0.3, -0.25) is 14.4 Å². The Labute approximate surface area is 194 Å². The summed E-state index contributed by atoms with van der Waals surface area (Å²) in [6.45, 7) is 1.76. The van der Waals surface area contributed by atoms with Crippen molar-refractivity contribution in [2.24, 2.45) is 0 Å². The maximum absolute atomic E-state index is 12.8. The van der Waals surface area contributed by atoms with Gasteiger partial charge in [0.1, 0.15) is 11.4 Å². The number of aryl methyl sites for hydroxylation is 1. The molecule has 0 aliphatic rings. The van der Waals surface area contributed by atoms with Gasteiger partial charge in [0.2, 0.25) is 5.91 Å². The normalized spacial score (nSPS) is 10.7. The molecule has 0 unspecified atom stereocenters. The maximum Gasteiger partial charge on any atom is 0.325 e. The van der Waals surface area contributed by atoms with E-state index in [1.807, 2.05) is 48.0 Å². The number of nitrogens with one attached hydrogen (secondary N) is 2. The van der Waals surface area contributed by atoms with Crippen molar-refractivity contribution in [2.75, 3.05) is 19.0 Å². The highest BCUT2D eigenvalue weighted by Crippen LogP contribution is 2.30. The average Bonchev–Trinajstić information content (AvgIpc) is 3.40. The predicted octanol–water partition coefficient (Wildman–Crippen LogP) is 3.48. The Kier molecular flexibility index (Phi) is 6.50. The first-order valence-electron chi connectivity index (χ1n) is 10.2. The van der Waals surface area contributed by atoms with Gasteiger partial charge in [-0.25, -0.2) is 4.68 Å². The molecule has 0 atom stereocenters. The molecule has 0 saturated heterocycles. The highest BCUT2D eigenvalue weighted by Gasteiger charge is 2.17. The first-order valence-corrected chi connectivity index (χ1v) is 11.0. The van der Waals surface area contributed by atoms with Crippen LogP contribution < -0.4 is 10.6 Å². The summed E-state index contributed by atoms with van der Waals surface area (Å²) in [4.78, 5) is 37.3. The minimum atomic E-state index is -0.505. The van der Waals surface area contributed by atoms with Gasteiger partial charge >= 0.3 is 5.97 Å². The van der Waals surface area contributed by atoms with E-state index in [1.54, 1.807) is 24.3 Å². The number of thiophene rings is 1. The van der Waals surface area contributed by atoms with E-state index in [0.717, 1.165) is 27.2 Å². The number of hydrogen-bond acceptors (Lipinski definition) is 6. The fraction of sp³-hybridized carbons (Fsp3) is 0.167. The number of fused-ring (bicyclic) bond motifs is 1. The van der Waals surface area contributed by atoms with Crippen molar-refractivity contribution in [3.8, 4) is 5.69 Å². The van der Waals surface area contributed by atoms with E-state index in [-0.39, 0.29) is 24.8 Å². The zero-order valence-corrected chi connectivity index (χ0v) is 18.9. The largest absolute Gasteiger partial charge is 0.468 e. The van der Waals surface area contributed by atoms with Crippen LogP contribution in [0.4, 0.5) is 5.69 Å². The lowest BCUT2D eigenvalue weighted by molar-refractivity contribution is -0.141. The first-order chi connectivity index (χ1) is 15.9. The molecule has 4 rings (SSSR count). The summed E-state index contributed by atoms with van der Waals surface area (Å²) >= 11 is 1.39. The predicted molar refractivity (Wildman–Crippen MR) is 127 cm³/mol. The van der Waals surface area contributed by atoms with Crippen LogP contribution in [0.3, 0.4) is 0 Å². The van der Waals surface area contributed by atoms with Crippen molar-refractivity contribution in [3.63, 3.8) is 0 Å². The number of methoxy groups -OCH3 is 1. The van der Waals surface area contributed by atoms with Gasteiger partial charge in [-0.05, 0) is 42.8 Å². The monoisotopic (exact) mass is 462 g/mol. The number of carbonyl (C=O) groups is 3. The Morgan fingerprint density at radius 2 is 1.79 bits per heavy atom. The van der Waals surface area contributed by atoms with Gasteiger partial charge in [-0.1, -0.05) is 30.3 Å². The number of nitrogens with zero attached hydrogens (tertiary/aromatic N) is 2. The number of ether oxygens (including phenoxy) is 1. The Balaban J connectivity index is 1.43. The highest BCUT2D eigenvalue weighted by atomic mass is 32.1. The van der Waals surface area contributed by atoms with E-state index >= 15 is 0 Å². The summed E-state index contributed by atoms with van der Waals surface area (Å²) in [6, 6.07) is 18.7. The smallest absolute Gasteiger partial charge is 0.325 e. The van der Waals surface area contributed by atoms with E-state index in [0.29, 0.717) is 10.6 Å². The lowest BCUT2D eigenvalue weighted by Gasteiger charge is -2.07. The second kappa shape index (κ2) is 9.66. The molecule has 2 aromatic carbocycles. The van der Waals surface area contributed by atoms with Crippen LogP contribution in [0.2, 0.25) is 0 Å². The minimum absolute atomic E-state index is 0.122. The SMILES string of the molecule is COC(=O)CNC(=O)Cc1ccc(NC(=O)c2cc3c(C)nn(-c4ccccc4)c3s2)cc1. The zero-order chi connectivity index (χ0) is 23.4. The highest BCUT2D eigenvalue weighted by molar-refractivity contribution is 7.20. The first kappa shape index (κ1) is 22.2. The molecule has 0 bridgehead atoms. The van der Waals surface area contributed by atoms with Gasteiger partial charge in [0.25, 0.3) is 5.91 Å². The summed E-state index contributed by atoms with van der Waals surface area (Å²) in [6.07, 6.45) is 0.122. The van der Waals surface area contributed by atoms with Gasteiger partial charge in [0.15, 0.2) is 0 Å². The number of amides is 2. The molecule has 33 heavy (non-hydrogen) atoms. The molecule has 2 heterocycles. The van der Waals surface area contributed by atoms with Gasteiger partial charge in [-0.15, -0.1) is 11.3 Å². The Bertz CT molecular complexity index is 1310. The van der Waals surface area contributed by atoms with Crippen LogP contribution in [-0.2, 0) is 20.7 Å². The molecule has 8 nitrogen and oxygen atoms in total. The molecule has 9 heteroatoms. The van der Waals surface area contributed by atoms with E-state index in [2.05, 4.69) is 20.5 Å². The minimum Gasteiger partial charge on any atom is -0.468 e. The van der Waals surface area contributed by atoms with Crippen LogP contribution >= 0.6 is 11.3 Å². The van der Waals surface area contributed by atoms with E-state index in [9.17, 15) is 14.4 Å². The van der Waals surface area contributed by atoms with Gasteiger partial charge < -0.3 is 15.4 Å². The van der Waals surface area contributed by atoms with E-state index in [1.165, 1.54) is 18.4 Å². The molecule has 0 aliphatic carbocycles.